The summed E-state index contributed by atoms with van der Waals surface area (Å²) in [7, 11) is 1.62. The predicted molar refractivity (Wildman–Crippen MR) is 73.8 cm³/mol. The van der Waals surface area contributed by atoms with Crippen molar-refractivity contribution in [2.75, 3.05) is 6.61 Å². The lowest BCUT2D eigenvalue weighted by atomic mass is 9.93. The van der Waals surface area contributed by atoms with Gasteiger partial charge in [-0.2, -0.15) is 0 Å². The van der Waals surface area contributed by atoms with Crippen molar-refractivity contribution < 1.29 is 13.2 Å². The second-order valence-electron chi connectivity index (χ2n) is 5.55. The summed E-state index contributed by atoms with van der Waals surface area (Å²) in [5.74, 6) is 0.319. The molecule has 0 aliphatic rings. The molecule has 0 radical (unpaired) electrons. The Bertz CT molecular complexity index is 516. The number of benzene rings is 1. The summed E-state index contributed by atoms with van der Waals surface area (Å²) in [6.07, 6.45) is 0.836. The number of hydrogen-bond donors (Lipinski definition) is 0. The Kier molecular flexibility index (Phi) is 4.67. The van der Waals surface area contributed by atoms with Gasteiger partial charge in [0.25, 0.3) is 9.05 Å². The maximum atomic E-state index is 11.5. The van der Waals surface area contributed by atoms with E-state index < -0.39 is 9.05 Å². The molecule has 0 spiro atoms. The maximum Gasteiger partial charge on any atom is 0.264 e. The molecular weight excluding hydrogens is 272 g/mol. The van der Waals surface area contributed by atoms with Gasteiger partial charge in [-0.05, 0) is 36.5 Å². The van der Waals surface area contributed by atoms with Crippen LogP contribution in [0.1, 0.15) is 32.8 Å². The minimum Gasteiger partial charge on any atom is -0.492 e. The van der Waals surface area contributed by atoms with Crippen molar-refractivity contribution in [2.45, 2.75) is 39.0 Å². The molecule has 3 nitrogen and oxygen atoms in total. The molecule has 0 fully saturated rings. The highest BCUT2D eigenvalue weighted by atomic mass is 35.7. The molecule has 5 heteroatoms. The van der Waals surface area contributed by atoms with Crippen molar-refractivity contribution in [3.8, 4) is 5.75 Å². The molecule has 1 aromatic carbocycles. The molecule has 0 saturated carbocycles. The average molecular weight is 291 g/mol. The monoisotopic (exact) mass is 290 g/mol. The summed E-state index contributed by atoms with van der Waals surface area (Å²) < 4.78 is 28.4. The van der Waals surface area contributed by atoms with E-state index in [0.717, 1.165) is 12.0 Å². The van der Waals surface area contributed by atoms with Gasteiger partial charge in [0.1, 0.15) is 10.6 Å². The Labute approximate surface area is 114 Å². The molecule has 0 aliphatic heterocycles. The highest BCUT2D eigenvalue weighted by Gasteiger charge is 2.18. The van der Waals surface area contributed by atoms with Gasteiger partial charge in [-0.15, -0.1) is 0 Å². The van der Waals surface area contributed by atoms with Crippen LogP contribution < -0.4 is 4.74 Å². The van der Waals surface area contributed by atoms with Crippen LogP contribution in [0.2, 0.25) is 0 Å². The lowest BCUT2D eigenvalue weighted by Crippen LogP contribution is -2.12. The van der Waals surface area contributed by atoms with E-state index in [4.69, 9.17) is 15.4 Å². The zero-order chi connectivity index (χ0) is 14.0. The van der Waals surface area contributed by atoms with Gasteiger partial charge in [-0.3, -0.25) is 0 Å². The van der Waals surface area contributed by atoms with Crippen molar-refractivity contribution >= 4 is 19.7 Å². The molecule has 0 amide bonds. The standard InChI is InChI=1S/C13H19ClO3S/c1-10-5-6-11(12(9-10)18(14,15)16)17-8-7-13(2,3)4/h5-6,9H,7-8H2,1-4H3. The van der Waals surface area contributed by atoms with Crippen LogP contribution in [0.25, 0.3) is 0 Å². The maximum absolute atomic E-state index is 11.5. The van der Waals surface area contributed by atoms with Crippen LogP contribution in [0.15, 0.2) is 23.1 Å². The Balaban J connectivity index is 2.90. The molecule has 0 atom stereocenters. The van der Waals surface area contributed by atoms with Gasteiger partial charge in [0.2, 0.25) is 0 Å². The number of ether oxygens (including phenoxy) is 1. The van der Waals surface area contributed by atoms with Crippen molar-refractivity contribution in [2.24, 2.45) is 5.41 Å². The van der Waals surface area contributed by atoms with Gasteiger partial charge >= 0.3 is 0 Å². The first-order chi connectivity index (χ1) is 8.09. The van der Waals surface area contributed by atoms with Crippen molar-refractivity contribution in [3.05, 3.63) is 23.8 Å². The summed E-state index contributed by atoms with van der Waals surface area (Å²) in [5.41, 5.74) is 0.974. The van der Waals surface area contributed by atoms with E-state index in [9.17, 15) is 8.42 Å². The number of halogens is 1. The number of hydrogen-bond acceptors (Lipinski definition) is 3. The van der Waals surface area contributed by atoms with Crippen LogP contribution in [0.3, 0.4) is 0 Å². The third-order valence-electron chi connectivity index (χ3n) is 2.47. The highest BCUT2D eigenvalue weighted by molar-refractivity contribution is 8.13. The summed E-state index contributed by atoms with van der Waals surface area (Å²) in [6.45, 7) is 8.58. The lowest BCUT2D eigenvalue weighted by molar-refractivity contribution is 0.239. The fourth-order valence-corrected chi connectivity index (χ4v) is 2.45. The fourth-order valence-electron chi connectivity index (χ4n) is 1.39. The van der Waals surface area contributed by atoms with Gasteiger partial charge < -0.3 is 4.74 Å². The van der Waals surface area contributed by atoms with E-state index in [0.29, 0.717) is 12.4 Å². The van der Waals surface area contributed by atoms with Crippen molar-refractivity contribution in [1.29, 1.82) is 0 Å². The molecule has 0 bridgehead atoms. The molecule has 0 saturated heterocycles. The van der Waals surface area contributed by atoms with Gasteiger partial charge in [0.05, 0.1) is 6.61 Å². The van der Waals surface area contributed by atoms with E-state index in [1.165, 1.54) is 6.07 Å². The molecule has 0 heterocycles. The Morgan fingerprint density at radius 3 is 2.39 bits per heavy atom. The zero-order valence-electron chi connectivity index (χ0n) is 11.2. The Hall–Kier alpha value is -0.740. The summed E-state index contributed by atoms with van der Waals surface area (Å²) in [6, 6.07) is 4.97. The van der Waals surface area contributed by atoms with Gasteiger partial charge in [-0.25, -0.2) is 8.42 Å². The molecule has 0 N–H and O–H groups in total. The minimum atomic E-state index is -3.77. The molecular formula is C13H19ClO3S. The molecule has 1 rings (SSSR count). The average Bonchev–Trinajstić information content (AvgIpc) is 2.17. The number of rotatable bonds is 4. The van der Waals surface area contributed by atoms with Crippen LogP contribution in [0.4, 0.5) is 0 Å². The van der Waals surface area contributed by atoms with Crippen LogP contribution in [-0.2, 0) is 9.05 Å². The smallest absolute Gasteiger partial charge is 0.264 e. The quantitative estimate of drug-likeness (QED) is 0.794. The Morgan fingerprint density at radius 2 is 1.89 bits per heavy atom. The van der Waals surface area contributed by atoms with Gasteiger partial charge in [0, 0.05) is 10.7 Å². The Morgan fingerprint density at radius 1 is 1.28 bits per heavy atom. The zero-order valence-corrected chi connectivity index (χ0v) is 12.7. The first-order valence-corrected chi connectivity index (χ1v) is 8.09. The largest absolute Gasteiger partial charge is 0.492 e. The highest BCUT2D eigenvalue weighted by Crippen LogP contribution is 2.29. The predicted octanol–water partition coefficient (Wildman–Crippen LogP) is 3.74. The van der Waals surface area contributed by atoms with Crippen LogP contribution in [-0.4, -0.2) is 15.0 Å². The summed E-state index contributed by atoms with van der Waals surface area (Å²) >= 11 is 0. The summed E-state index contributed by atoms with van der Waals surface area (Å²) in [4.78, 5) is 0.0399. The molecule has 102 valence electrons. The molecule has 0 aromatic heterocycles. The topological polar surface area (TPSA) is 43.4 Å². The second-order valence-corrected chi connectivity index (χ2v) is 8.08. The van der Waals surface area contributed by atoms with Crippen LogP contribution in [0, 0.1) is 12.3 Å². The molecule has 0 aliphatic carbocycles. The molecule has 18 heavy (non-hydrogen) atoms. The van der Waals surface area contributed by atoms with Gasteiger partial charge in [-0.1, -0.05) is 26.8 Å². The van der Waals surface area contributed by atoms with E-state index in [-0.39, 0.29) is 10.3 Å². The van der Waals surface area contributed by atoms with Crippen LogP contribution >= 0.6 is 10.7 Å². The SMILES string of the molecule is Cc1ccc(OCCC(C)(C)C)c(S(=O)(=O)Cl)c1. The molecule has 0 unspecified atom stereocenters. The van der Waals surface area contributed by atoms with E-state index in [2.05, 4.69) is 20.8 Å². The number of aryl methyl sites for hydroxylation is 1. The summed E-state index contributed by atoms with van der Waals surface area (Å²) in [5, 5.41) is 0. The normalized spacial score (nSPS) is 12.5. The first-order valence-electron chi connectivity index (χ1n) is 5.78. The van der Waals surface area contributed by atoms with Crippen molar-refractivity contribution in [3.63, 3.8) is 0 Å². The first kappa shape index (κ1) is 15.3. The fraction of sp³-hybridized carbons (Fsp3) is 0.538. The van der Waals surface area contributed by atoms with Crippen molar-refractivity contribution in [1.82, 2.24) is 0 Å². The second kappa shape index (κ2) is 5.49. The third-order valence-corrected chi connectivity index (χ3v) is 3.81. The van der Waals surface area contributed by atoms with E-state index >= 15 is 0 Å². The van der Waals surface area contributed by atoms with E-state index in [1.54, 1.807) is 12.1 Å². The van der Waals surface area contributed by atoms with E-state index in [1.807, 2.05) is 6.92 Å². The van der Waals surface area contributed by atoms with Gasteiger partial charge in [0.15, 0.2) is 0 Å². The minimum absolute atomic E-state index is 0.0399. The third kappa shape index (κ3) is 4.86. The lowest BCUT2D eigenvalue weighted by Gasteiger charge is -2.18. The molecule has 1 aromatic rings. The van der Waals surface area contributed by atoms with Crippen LogP contribution in [0.5, 0.6) is 5.75 Å².